The molecule has 276 valence electrons. The van der Waals surface area contributed by atoms with Gasteiger partial charge in [0.1, 0.15) is 0 Å². The molecule has 59 heavy (non-hydrogen) atoms. The van der Waals surface area contributed by atoms with Crippen LogP contribution in [0.4, 0.5) is 0 Å². The van der Waals surface area contributed by atoms with Crippen LogP contribution in [0.2, 0.25) is 0 Å². The van der Waals surface area contributed by atoms with Gasteiger partial charge in [-0.1, -0.05) is 147 Å². The Morgan fingerprint density at radius 3 is 1.12 bits per heavy atom. The molecule has 0 saturated heterocycles. The van der Waals surface area contributed by atoms with Crippen LogP contribution < -0.4 is 0 Å². The molecule has 0 amide bonds. The van der Waals surface area contributed by atoms with E-state index in [1.807, 2.05) is 0 Å². The molecular weight excluding hydrogens is 713 g/mol. The van der Waals surface area contributed by atoms with E-state index in [0.717, 1.165) is 11.4 Å². The van der Waals surface area contributed by atoms with Crippen LogP contribution >= 0.6 is 0 Å². The van der Waals surface area contributed by atoms with Gasteiger partial charge in [-0.15, -0.1) is 0 Å². The molecule has 0 unspecified atom stereocenters. The summed E-state index contributed by atoms with van der Waals surface area (Å²) in [5, 5.41) is 12.9. The second-order valence-corrected chi connectivity index (χ2v) is 16.9. The molecular formula is C57H38N2. The van der Waals surface area contributed by atoms with E-state index < -0.39 is 0 Å². The second kappa shape index (κ2) is 11.8. The zero-order valence-electron chi connectivity index (χ0n) is 32.9. The van der Waals surface area contributed by atoms with Crippen LogP contribution in [0.1, 0.15) is 25.0 Å². The topological polar surface area (TPSA) is 9.86 Å². The van der Waals surface area contributed by atoms with E-state index >= 15 is 0 Å². The summed E-state index contributed by atoms with van der Waals surface area (Å²) in [6.07, 6.45) is 0. The van der Waals surface area contributed by atoms with Gasteiger partial charge in [0.15, 0.2) is 0 Å². The van der Waals surface area contributed by atoms with Crippen molar-refractivity contribution in [1.82, 2.24) is 9.13 Å². The summed E-state index contributed by atoms with van der Waals surface area (Å²) in [5.41, 5.74) is 14.8. The Hall–Kier alpha value is -7.42. The Balaban J connectivity index is 1.09. The first kappa shape index (κ1) is 32.6. The fourth-order valence-electron chi connectivity index (χ4n) is 10.7. The molecule has 0 atom stereocenters. The number of benzene rings is 10. The lowest BCUT2D eigenvalue weighted by molar-refractivity contribution is 0.661. The zero-order valence-corrected chi connectivity index (χ0v) is 32.9. The van der Waals surface area contributed by atoms with Crippen LogP contribution in [0.5, 0.6) is 0 Å². The van der Waals surface area contributed by atoms with E-state index in [0.29, 0.717) is 0 Å². The fraction of sp³-hybridized carbons (Fsp3) is 0.0526. The van der Waals surface area contributed by atoms with Crippen molar-refractivity contribution >= 4 is 75.9 Å². The first-order valence-electron chi connectivity index (χ1n) is 20.7. The number of aromatic nitrogens is 2. The first-order valence-corrected chi connectivity index (χ1v) is 20.7. The van der Waals surface area contributed by atoms with Crippen LogP contribution in [0, 0.1) is 0 Å². The van der Waals surface area contributed by atoms with Gasteiger partial charge in [0.05, 0.1) is 22.1 Å². The lowest BCUT2D eigenvalue weighted by Gasteiger charge is -2.22. The van der Waals surface area contributed by atoms with E-state index in [4.69, 9.17) is 0 Å². The van der Waals surface area contributed by atoms with E-state index in [2.05, 4.69) is 217 Å². The number of para-hydroxylation sites is 4. The Labute approximate surface area is 341 Å². The highest BCUT2D eigenvalue weighted by Crippen LogP contribution is 2.52. The Kier molecular flexibility index (Phi) is 6.54. The van der Waals surface area contributed by atoms with Gasteiger partial charge in [-0.3, -0.25) is 0 Å². The Morgan fingerprint density at radius 2 is 0.661 bits per heavy atom. The van der Waals surface area contributed by atoms with Crippen molar-refractivity contribution < 1.29 is 0 Å². The summed E-state index contributed by atoms with van der Waals surface area (Å²) in [6.45, 7) is 4.80. The zero-order chi connectivity index (χ0) is 39.0. The predicted octanol–water partition coefficient (Wildman–Crippen LogP) is 15.3. The minimum absolute atomic E-state index is 0.150. The van der Waals surface area contributed by atoms with Crippen molar-refractivity contribution in [3.05, 3.63) is 205 Å². The van der Waals surface area contributed by atoms with E-state index in [1.165, 1.54) is 109 Å². The highest BCUT2D eigenvalue weighted by atomic mass is 15.0. The number of hydrogen-bond acceptors (Lipinski definition) is 0. The number of fused-ring (bicyclic) bond motifs is 15. The lowest BCUT2D eigenvalue weighted by atomic mass is 9.81. The number of rotatable bonds is 3. The van der Waals surface area contributed by atoms with Gasteiger partial charge >= 0.3 is 0 Å². The smallest absolute Gasteiger partial charge is 0.0541 e. The third kappa shape index (κ3) is 4.46. The molecule has 12 aromatic rings. The average Bonchev–Trinajstić information content (AvgIpc) is 3.89. The number of nitrogens with zero attached hydrogens (tertiary/aromatic N) is 2. The molecule has 2 heteroatoms. The van der Waals surface area contributed by atoms with E-state index in [9.17, 15) is 0 Å². The quantitative estimate of drug-likeness (QED) is 0.159. The maximum absolute atomic E-state index is 2.50. The predicted molar refractivity (Wildman–Crippen MR) is 251 cm³/mol. The molecule has 2 aromatic heterocycles. The van der Waals surface area contributed by atoms with Crippen molar-refractivity contribution in [2.45, 2.75) is 19.3 Å². The fourth-order valence-corrected chi connectivity index (χ4v) is 10.7. The summed E-state index contributed by atoms with van der Waals surface area (Å²) in [6, 6.07) is 72.5. The molecule has 0 bridgehead atoms. The monoisotopic (exact) mass is 750 g/mol. The summed E-state index contributed by atoms with van der Waals surface area (Å²) in [4.78, 5) is 0. The molecule has 0 N–H and O–H groups in total. The third-order valence-corrected chi connectivity index (χ3v) is 13.5. The largest absolute Gasteiger partial charge is 0.309 e. The van der Waals surface area contributed by atoms with Gasteiger partial charge in [-0.05, 0) is 126 Å². The van der Waals surface area contributed by atoms with Crippen molar-refractivity contribution in [3.63, 3.8) is 0 Å². The molecule has 13 rings (SSSR count). The third-order valence-electron chi connectivity index (χ3n) is 13.5. The Bertz CT molecular complexity index is 3520. The first-order chi connectivity index (χ1) is 29.0. The van der Waals surface area contributed by atoms with Gasteiger partial charge in [0, 0.05) is 38.3 Å². The average molecular weight is 751 g/mol. The van der Waals surface area contributed by atoms with Crippen molar-refractivity contribution in [2.24, 2.45) is 0 Å². The molecule has 2 heterocycles. The SMILES string of the molecule is CC1(C)c2ccc(-c3cc(-n4c5ccccc5c5ccccc54)cc(-n4c5ccccc5c5ccccc54)c3)cc2-c2cc3c4ccccc4c4ccccc4c3cc21. The van der Waals surface area contributed by atoms with Crippen molar-refractivity contribution in [1.29, 1.82) is 0 Å². The van der Waals surface area contributed by atoms with E-state index in [-0.39, 0.29) is 5.41 Å². The normalized spacial score (nSPS) is 13.4. The molecule has 1 aliphatic carbocycles. The molecule has 2 nitrogen and oxygen atoms in total. The summed E-state index contributed by atoms with van der Waals surface area (Å²) < 4.78 is 4.91. The molecule has 10 aromatic carbocycles. The van der Waals surface area contributed by atoms with Crippen LogP contribution in [0.3, 0.4) is 0 Å². The van der Waals surface area contributed by atoms with Crippen molar-refractivity contribution in [2.75, 3.05) is 0 Å². The van der Waals surface area contributed by atoms with Crippen LogP contribution in [0.15, 0.2) is 194 Å². The van der Waals surface area contributed by atoms with Crippen LogP contribution in [-0.2, 0) is 5.41 Å². The van der Waals surface area contributed by atoms with Gasteiger partial charge in [0.25, 0.3) is 0 Å². The second-order valence-electron chi connectivity index (χ2n) is 16.9. The highest BCUT2D eigenvalue weighted by molar-refractivity contribution is 6.26. The van der Waals surface area contributed by atoms with Crippen molar-refractivity contribution in [3.8, 4) is 33.6 Å². The van der Waals surface area contributed by atoms with Gasteiger partial charge in [0.2, 0.25) is 0 Å². The van der Waals surface area contributed by atoms with Crippen LogP contribution in [-0.4, -0.2) is 9.13 Å². The maximum Gasteiger partial charge on any atom is 0.0541 e. The molecule has 0 saturated carbocycles. The summed E-state index contributed by atoms with van der Waals surface area (Å²) in [5.74, 6) is 0. The van der Waals surface area contributed by atoms with Gasteiger partial charge in [-0.25, -0.2) is 0 Å². The van der Waals surface area contributed by atoms with E-state index in [1.54, 1.807) is 0 Å². The maximum atomic E-state index is 2.50. The molecule has 1 aliphatic rings. The highest BCUT2D eigenvalue weighted by Gasteiger charge is 2.36. The molecule has 0 spiro atoms. The molecule has 0 radical (unpaired) electrons. The summed E-state index contributed by atoms with van der Waals surface area (Å²) >= 11 is 0. The molecule has 0 aliphatic heterocycles. The van der Waals surface area contributed by atoms with Crippen LogP contribution in [0.25, 0.3) is 110 Å². The lowest BCUT2D eigenvalue weighted by Crippen LogP contribution is -2.14. The van der Waals surface area contributed by atoms with Gasteiger partial charge in [-0.2, -0.15) is 0 Å². The summed E-state index contributed by atoms with van der Waals surface area (Å²) in [7, 11) is 0. The minimum Gasteiger partial charge on any atom is -0.309 e. The standard InChI is InChI=1S/C57H38N2/c1-57(2)51-28-27-35(31-49(51)50-33-47-41-17-5-3-15-39(41)40-16-4-6-18-42(40)48(47)34-52(50)57)36-29-37(58-53-23-11-7-19-43(53)44-20-8-12-24-54(44)58)32-38(30-36)59-55-25-13-9-21-45(55)46-22-10-14-26-56(46)59/h3-34H,1-2H3. The number of hydrogen-bond donors (Lipinski definition) is 0. The Morgan fingerprint density at radius 1 is 0.288 bits per heavy atom. The van der Waals surface area contributed by atoms with Gasteiger partial charge < -0.3 is 9.13 Å². The minimum atomic E-state index is -0.150. The molecule has 0 fully saturated rings.